The lowest BCUT2D eigenvalue weighted by molar-refractivity contribution is 0.0954. The summed E-state index contributed by atoms with van der Waals surface area (Å²) in [6, 6.07) is 11.1. The van der Waals surface area contributed by atoms with Gasteiger partial charge in [0.15, 0.2) is 5.96 Å². The number of hydrogen-bond donors (Lipinski definition) is 3. The van der Waals surface area contributed by atoms with Crippen molar-refractivity contribution in [2.75, 3.05) is 19.6 Å². The van der Waals surface area contributed by atoms with E-state index in [4.69, 9.17) is 11.6 Å². The first-order chi connectivity index (χ1) is 12.2. The predicted molar refractivity (Wildman–Crippen MR) is 101 cm³/mol. The molecule has 0 radical (unpaired) electrons. The largest absolute Gasteiger partial charge is 0.357 e. The van der Waals surface area contributed by atoms with Gasteiger partial charge in [0, 0.05) is 37.1 Å². The number of aliphatic imine (C=N–C) groups is 1. The molecule has 7 heteroatoms. The van der Waals surface area contributed by atoms with Crippen LogP contribution in [-0.4, -0.2) is 36.5 Å². The molecule has 1 amide bonds. The van der Waals surface area contributed by atoms with Crippen LogP contribution in [0.5, 0.6) is 0 Å². The maximum Gasteiger partial charge on any atom is 0.252 e. The number of carbonyl (C=O) groups excluding carboxylic acids is 1. The second-order valence-corrected chi connectivity index (χ2v) is 5.69. The lowest BCUT2D eigenvalue weighted by atomic mass is 10.2. The molecule has 25 heavy (non-hydrogen) atoms. The number of aromatic nitrogens is 1. The minimum absolute atomic E-state index is 0.143. The molecule has 0 unspecified atom stereocenters. The summed E-state index contributed by atoms with van der Waals surface area (Å²) in [5, 5.41) is 9.89. The van der Waals surface area contributed by atoms with Gasteiger partial charge in [0.2, 0.25) is 0 Å². The molecule has 0 aliphatic heterocycles. The van der Waals surface area contributed by atoms with E-state index in [1.165, 1.54) is 0 Å². The Balaban J connectivity index is 1.79. The summed E-state index contributed by atoms with van der Waals surface area (Å²) in [4.78, 5) is 20.4. The fourth-order valence-corrected chi connectivity index (χ4v) is 2.32. The van der Waals surface area contributed by atoms with E-state index in [2.05, 4.69) is 25.9 Å². The number of carbonyl (C=O) groups is 1. The first-order valence-electron chi connectivity index (χ1n) is 8.14. The molecule has 1 aromatic heterocycles. The minimum atomic E-state index is -0.143. The third-order valence-electron chi connectivity index (χ3n) is 3.28. The zero-order valence-corrected chi connectivity index (χ0v) is 14.9. The molecule has 0 aliphatic carbocycles. The number of rotatable bonds is 7. The van der Waals surface area contributed by atoms with Crippen molar-refractivity contribution in [1.29, 1.82) is 0 Å². The Morgan fingerprint density at radius 1 is 1.16 bits per heavy atom. The van der Waals surface area contributed by atoms with Gasteiger partial charge in [-0.25, -0.2) is 4.99 Å². The Labute approximate surface area is 152 Å². The van der Waals surface area contributed by atoms with Crippen molar-refractivity contribution in [2.24, 2.45) is 4.99 Å². The van der Waals surface area contributed by atoms with E-state index in [-0.39, 0.29) is 5.91 Å². The molecule has 2 aromatic rings. The standard InChI is InChI=1S/C18H22ClN5O/c1-2-21-18(24-12-14-5-3-7-16(19)11-14)23-10-9-22-17(25)15-6-4-8-20-13-15/h3-8,11,13H,2,9-10,12H2,1H3,(H,22,25)(H2,21,23,24). The Bertz CT molecular complexity index is 706. The highest BCUT2D eigenvalue weighted by molar-refractivity contribution is 6.30. The van der Waals surface area contributed by atoms with Crippen LogP contribution in [0.15, 0.2) is 53.8 Å². The average Bonchev–Trinajstić information content (AvgIpc) is 2.63. The highest BCUT2D eigenvalue weighted by Gasteiger charge is 2.04. The van der Waals surface area contributed by atoms with E-state index >= 15 is 0 Å². The first-order valence-corrected chi connectivity index (χ1v) is 8.51. The number of amides is 1. The molecule has 6 nitrogen and oxygen atoms in total. The second-order valence-electron chi connectivity index (χ2n) is 5.25. The SMILES string of the molecule is CCNC(=NCc1cccc(Cl)c1)NCCNC(=O)c1cccnc1. The fourth-order valence-electron chi connectivity index (χ4n) is 2.10. The van der Waals surface area contributed by atoms with Crippen LogP contribution in [0, 0.1) is 0 Å². The Morgan fingerprint density at radius 3 is 2.72 bits per heavy atom. The highest BCUT2D eigenvalue weighted by Crippen LogP contribution is 2.11. The molecule has 132 valence electrons. The van der Waals surface area contributed by atoms with Gasteiger partial charge in [0.25, 0.3) is 5.91 Å². The van der Waals surface area contributed by atoms with Gasteiger partial charge in [-0.2, -0.15) is 0 Å². The molecule has 0 atom stereocenters. The highest BCUT2D eigenvalue weighted by atomic mass is 35.5. The predicted octanol–water partition coefficient (Wildman–Crippen LogP) is 2.22. The van der Waals surface area contributed by atoms with E-state index in [1.807, 2.05) is 31.2 Å². The van der Waals surface area contributed by atoms with Gasteiger partial charge in [0.05, 0.1) is 12.1 Å². The van der Waals surface area contributed by atoms with Crippen LogP contribution in [0.4, 0.5) is 0 Å². The van der Waals surface area contributed by atoms with Crippen molar-refractivity contribution in [3.63, 3.8) is 0 Å². The van der Waals surface area contributed by atoms with Gasteiger partial charge in [-0.05, 0) is 36.8 Å². The quantitative estimate of drug-likeness (QED) is 0.402. The molecule has 2 rings (SSSR count). The van der Waals surface area contributed by atoms with Crippen molar-refractivity contribution in [1.82, 2.24) is 20.9 Å². The Hall–Kier alpha value is -2.60. The fraction of sp³-hybridized carbons (Fsp3) is 0.278. The third kappa shape index (κ3) is 6.81. The van der Waals surface area contributed by atoms with E-state index in [9.17, 15) is 4.79 Å². The summed E-state index contributed by atoms with van der Waals surface area (Å²) >= 11 is 5.98. The van der Waals surface area contributed by atoms with E-state index in [0.29, 0.717) is 36.2 Å². The smallest absolute Gasteiger partial charge is 0.252 e. The van der Waals surface area contributed by atoms with Crippen molar-refractivity contribution in [3.05, 3.63) is 64.9 Å². The van der Waals surface area contributed by atoms with Crippen molar-refractivity contribution < 1.29 is 4.79 Å². The van der Waals surface area contributed by atoms with Crippen LogP contribution in [0.2, 0.25) is 5.02 Å². The summed E-state index contributed by atoms with van der Waals surface area (Å²) in [5.41, 5.74) is 1.58. The topological polar surface area (TPSA) is 78.4 Å². The Kier molecular flexibility index (Phi) is 7.72. The molecular formula is C18H22ClN5O. The van der Waals surface area contributed by atoms with Gasteiger partial charge < -0.3 is 16.0 Å². The Morgan fingerprint density at radius 2 is 2.00 bits per heavy atom. The van der Waals surface area contributed by atoms with Gasteiger partial charge in [0.1, 0.15) is 0 Å². The molecule has 3 N–H and O–H groups in total. The molecule has 0 saturated heterocycles. The molecule has 0 saturated carbocycles. The molecule has 0 spiro atoms. The molecule has 0 aliphatic rings. The van der Waals surface area contributed by atoms with Gasteiger partial charge >= 0.3 is 0 Å². The number of halogens is 1. The number of nitrogens with one attached hydrogen (secondary N) is 3. The summed E-state index contributed by atoms with van der Waals surface area (Å²) in [7, 11) is 0. The van der Waals surface area contributed by atoms with Crippen LogP contribution >= 0.6 is 11.6 Å². The van der Waals surface area contributed by atoms with Crippen LogP contribution in [0.1, 0.15) is 22.8 Å². The zero-order chi connectivity index (χ0) is 17.9. The van der Waals surface area contributed by atoms with E-state index < -0.39 is 0 Å². The van der Waals surface area contributed by atoms with Gasteiger partial charge in [-0.1, -0.05) is 23.7 Å². The summed E-state index contributed by atoms with van der Waals surface area (Å²) in [6.45, 7) is 4.32. The van der Waals surface area contributed by atoms with E-state index in [0.717, 1.165) is 12.1 Å². The summed E-state index contributed by atoms with van der Waals surface area (Å²) in [5.74, 6) is 0.550. The number of pyridine rings is 1. The minimum Gasteiger partial charge on any atom is -0.357 e. The normalized spacial score (nSPS) is 11.0. The lowest BCUT2D eigenvalue weighted by Crippen LogP contribution is -2.41. The molecule has 0 bridgehead atoms. The van der Waals surface area contributed by atoms with Crippen LogP contribution in [0.25, 0.3) is 0 Å². The van der Waals surface area contributed by atoms with Crippen molar-refractivity contribution >= 4 is 23.5 Å². The van der Waals surface area contributed by atoms with Crippen molar-refractivity contribution in [3.8, 4) is 0 Å². The van der Waals surface area contributed by atoms with Crippen molar-refractivity contribution in [2.45, 2.75) is 13.5 Å². The number of hydrogen-bond acceptors (Lipinski definition) is 3. The maximum atomic E-state index is 11.9. The first kappa shape index (κ1) is 18.7. The van der Waals surface area contributed by atoms with Crippen LogP contribution < -0.4 is 16.0 Å². The van der Waals surface area contributed by atoms with Gasteiger partial charge in [-0.15, -0.1) is 0 Å². The third-order valence-corrected chi connectivity index (χ3v) is 3.51. The molecule has 0 fully saturated rings. The number of nitrogens with zero attached hydrogens (tertiary/aromatic N) is 2. The van der Waals surface area contributed by atoms with Crippen LogP contribution in [0.3, 0.4) is 0 Å². The monoisotopic (exact) mass is 359 g/mol. The average molecular weight is 360 g/mol. The van der Waals surface area contributed by atoms with Gasteiger partial charge in [-0.3, -0.25) is 9.78 Å². The van der Waals surface area contributed by atoms with E-state index in [1.54, 1.807) is 24.5 Å². The maximum absolute atomic E-state index is 11.9. The second kappa shape index (κ2) is 10.3. The zero-order valence-electron chi connectivity index (χ0n) is 14.1. The summed E-state index contributed by atoms with van der Waals surface area (Å²) in [6.07, 6.45) is 3.18. The van der Waals surface area contributed by atoms with Crippen LogP contribution in [-0.2, 0) is 6.54 Å². The number of guanidine groups is 1. The number of benzene rings is 1. The molecule has 1 heterocycles. The molecular weight excluding hydrogens is 338 g/mol. The summed E-state index contributed by atoms with van der Waals surface area (Å²) < 4.78 is 0. The lowest BCUT2D eigenvalue weighted by Gasteiger charge is -2.12. The molecule has 1 aromatic carbocycles.